The Morgan fingerprint density at radius 1 is 0.714 bits per heavy atom. The molecule has 0 aromatic carbocycles. The Labute approximate surface area is 118 Å². The van der Waals surface area contributed by atoms with E-state index in [0.717, 1.165) is 7.11 Å². The number of unbranched alkanes of at least 4 members (excludes halogenated alkanes) is 5. The SMILES string of the molecule is CCCCCCCC[C]12[CH]3[CH]4[CH]5[CH]1[Fe]45321678[CH]2[CH]1[CH]6[CH]7[CH]28.CO. The molecule has 21 heavy (non-hydrogen) atoms. The number of aliphatic hydroxyl groups excluding tert-OH is 1. The first-order valence-corrected chi connectivity index (χ1v) is 16.1. The molecule has 4 atom stereocenters. The molecule has 10 heterocycles. The van der Waals surface area contributed by atoms with Crippen molar-refractivity contribution in [2.24, 2.45) is 0 Å². The van der Waals surface area contributed by atoms with Crippen molar-refractivity contribution in [3.8, 4) is 0 Å². The van der Waals surface area contributed by atoms with E-state index in [1.165, 1.54) is 23.6 Å². The summed E-state index contributed by atoms with van der Waals surface area (Å²) in [5.74, 6) is 0. The van der Waals surface area contributed by atoms with E-state index in [1.54, 1.807) is 69.0 Å². The van der Waals surface area contributed by atoms with Crippen molar-refractivity contribution in [2.45, 2.75) is 99.5 Å². The van der Waals surface area contributed by atoms with Crippen molar-refractivity contribution in [3.63, 3.8) is 0 Å². The second-order valence-corrected chi connectivity index (χ2v) is 36.0. The smallest absolute Gasteiger partial charge is 0.0319 e. The van der Waals surface area contributed by atoms with E-state index >= 15 is 0 Å². The predicted molar refractivity (Wildman–Crippen MR) is 82.6 cm³/mol. The van der Waals surface area contributed by atoms with Crippen LogP contribution in [0, 0.1) is 0 Å². The Morgan fingerprint density at radius 2 is 1.19 bits per heavy atom. The van der Waals surface area contributed by atoms with Gasteiger partial charge in [0.15, 0.2) is 0 Å². The first-order chi connectivity index (χ1) is 10.1. The van der Waals surface area contributed by atoms with E-state index in [-0.39, 0.29) is 0 Å². The molecule has 10 saturated heterocycles. The molecule has 2 heteroatoms. The van der Waals surface area contributed by atoms with Gasteiger partial charge in [0.2, 0.25) is 0 Å². The van der Waals surface area contributed by atoms with Gasteiger partial charge in [0.05, 0.1) is 0 Å². The molecule has 0 amide bonds. The molecule has 0 radical (unpaired) electrons. The third kappa shape index (κ3) is 0.141. The monoisotopic (exact) mass is 330 g/mol. The number of rotatable bonds is 7. The summed E-state index contributed by atoms with van der Waals surface area (Å²) in [6, 6.07) is 0. The Bertz CT molecular complexity index is 865. The van der Waals surface area contributed by atoms with Crippen molar-refractivity contribution in [3.05, 3.63) is 0 Å². The van der Waals surface area contributed by atoms with Crippen molar-refractivity contribution in [1.82, 2.24) is 0 Å². The van der Waals surface area contributed by atoms with Crippen LogP contribution >= 0.6 is 0 Å². The van der Waals surface area contributed by atoms with E-state index in [9.17, 15) is 0 Å². The van der Waals surface area contributed by atoms with Gasteiger partial charge in [-0.3, -0.25) is 0 Å². The molecule has 10 aliphatic rings. The molecule has 0 aromatic rings. The number of hydrogen-bond acceptors (Lipinski definition) is 1. The van der Waals surface area contributed by atoms with Crippen molar-refractivity contribution in [1.29, 1.82) is 0 Å². The zero-order chi connectivity index (χ0) is 14.0. The molecule has 1 spiro atoms. The zero-order valence-corrected chi connectivity index (χ0v) is 14.6. The second kappa shape index (κ2) is 1.06. The molecule has 0 aromatic heterocycles. The maximum Gasteiger partial charge on any atom is 0.0319 e. The minimum atomic E-state index is -2.63. The van der Waals surface area contributed by atoms with Gasteiger partial charge >= 0.3 is 106 Å². The Morgan fingerprint density at radius 3 is 1.57 bits per heavy atom. The van der Waals surface area contributed by atoms with Crippen LogP contribution in [0.25, 0.3) is 0 Å². The summed E-state index contributed by atoms with van der Waals surface area (Å²) in [7, 11) is 1.00. The molecule has 1 N–H and O–H groups in total. The van der Waals surface area contributed by atoms with E-state index in [1.807, 2.05) is 0 Å². The third-order valence-corrected chi connectivity index (χ3v) is 59.9. The van der Waals surface area contributed by atoms with Crippen LogP contribution in [0.4, 0.5) is 0 Å². The van der Waals surface area contributed by atoms with E-state index < -0.39 is 6.51 Å². The van der Waals surface area contributed by atoms with Gasteiger partial charge in [0, 0.05) is 7.11 Å². The standard InChI is InChI=1S/C13H21.C5H5.CH4O.Fe/c1-2-3-4-5-6-7-10-13-11-8-9-12-13;1-2-4-5-3-1;1-2;/h8-9,11-12H,2-7,10H2,1H3;1-5H;2H,1H3;. The quantitative estimate of drug-likeness (QED) is 0.441. The molecular weight excluding hydrogens is 300 g/mol. The minimum Gasteiger partial charge on any atom is -0.400 e. The fourth-order valence-corrected chi connectivity index (χ4v) is 93.9. The van der Waals surface area contributed by atoms with Gasteiger partial charge in [-0.15, -0.1) is 0 Å². The number of aliphatic hydroxyl groups is 1. The molecule has 0 saturated carbocycles. The van der Waals surface area contributed by atoms with Crippen LogP contribution in [0.3, 0.4) is 0 Å². The maximum absolute atomic E-state index is 7.00. The van der Waals surface area contributed by atoms with Crippen molar-refractivity contribution < 1.29 is 11.6 Å². The van der Waals surface area contributed by atoms with Crippen molar-refractivity contribution >= 4 is 0 Å². The Hall–Kier alpha value is 0.479. The summed E-state index contributed by atoms with van der Waals surface area (Å²) >= 11 is 0. The van der Waals surface area contributed by atoms with Crippen LogP contribution < -0.4 is 0 Å². The Balaban J connectivity index is 0.000000408. The molecule has 4 unspecified atom stereocenters. The largest absolute Gasteiger partial charge is 0.400 e. The average molecular weight is 330 g/mol. The second-order valence-electron chi connectivity index (χ2n) is 12.4. The summed E-state index contributed by atoms with van der Waals surface area (Å²) in [5, 5.41) is 7.00. The fraction of sp³-hybridized carbons (Fsp3) is 1.00. The first kappa shape index (κ1) is 10.4. The van der Waals surface area contributed by atoms with Gasteiger partial charge < -0.3 is 5.11 Å². The maximum atomic E-state index is 7.00. The average Bonchev–Trinajstić information content (AvgIpc) is 3.46. The molecule has 0 aliphatic carbocycles. The first-order valence-electron chi connectivity index (χ1n) is 9.77. The van der Waals surface area contributed by atoms with E-state index in [2.05, 4.69) is 6.92 Å². The molecular formula is C19H30FeO. The minimum absolute atomic E-state index is 1.00. The summed E-state index contributed by atoms with van der Waals surface area (Å²) in [4.78, 5) is 14.1. The summed E-state index contributed by atoms with van der Waals surface area (Å²) < 4.78 is 1.24. The topological polar surface area (TPSA) is 20.2 Å². The molecule has 120 valence electrons. The van der Waals surface area contributed by atoms with Crippen LogP contribution in [0.5, 0.6) is 0 Å². The van der Waals surface area contributed by atoms with Gasteiger partial charge in [-0.2, -0.15) is 0 Å². The van der Waals surface area contributed by atoms with Crippen LogP contribution in [0.1, 0.15) is 51.9 Å². The molecule has 10 rings (SSSR count). The number of hydrogen-bond donors (Lipinski definition) is 1. The summed E-state index contributed by atoms with van der Waals surface area (Å²) in [6.45, 7) is -0.285. The molecule has 10 aliphatic heterocycles. The normalized spacial score (nSPS) is 98.0. The molecule has 10 fully saturated rings. The van der Waals surface area contributed by atoms with E-state index in [0.29, 0.717) is 0 Å². The van der Waals surface area contributed by atoms with Gasteiger partial charge in [-0.1, -0.05) is 0 Å². The fourth-order valence-electron chi connectivity index (χ4n) is 18.5. The van der Waals surface area contributed by atoms with Crippen LogP contribution in [-0.2, 0) is 6.51 Å². The zero-order valence-electron chi connectivity index (χ0n) is 13.4. The van der Waals surface area contributed by atoms with Crippen LogP contribution in [0.15, 0.2) is 0 Å². The summed E-state index contributed by atoms with van der Waals surface area (Å²) in [5.41, 5.74) is 0. The third-order valence-electron chi connectivity index (χ3n) is 16.9. The van der Waals surface area contributed by atoms with Crippen LogP contribution in [-0.4, -0.2) is 12.2 Å². The predicted octanol–water partition coefficient (Wildman–Crippen LogP) is 6.10. The number of fused-ring (bicyclic) bond motifs is 10. The van der Waals surface area contributed by atoms with E-state index in [4.69, 9.17) is 5.11 Å². The molecule has 0 bridgehead atoms. The Kier molecular flexibility index (Phi) is 0.525. The van der Waals surface area contributed by atoms with Crippen molar-refractivity contribution in [2.75, 3.05) is 7.11 Å². The molecule has 1 nitrogen and oxygen atoms in total. The van der Waals surface area contributed by atoms with Gasteiger partial charge in [-0.25, -0.2) is 0 Å². The van der Waals surface area contributed by atoms with Gasteiger partial charge in [-0.05, 0) is 0 Å². The van der Waals surface area contributed by atoms with Crippen LogP contribution in [0.2, 0.25) is 47.7 Å². The summed E-state index contributed by atoms with van der Waals surface area (Å²) in [6.07, 6.45) is 11.0. The van der Waals surface area contributed by atoms with Gasteiger partial charge in [0.1, 0.15) is 0 Å². The van der Waals surface area contributed by atoms with Gasteiger partial charge in [0.25, 0.3) is 0 Å².